The van der Waals surface area contributed by atoms with E-state index in [1.54, 1.807) is 13.0 Å². The first-order chi connectivity index (χ1) is 17.1. The first-order valence-electron chi connectivity index (χ1n) is 10.1. The van der Waals surface area contributed by atoms with E-state index in [4.69, 9.17) is 13.9 Å². The monoisotopic (exact) mass is 580 g/mol. The molecule has 0 aliphatic rings. The Morgan fingerprint density at radius 3 is 2.56 bits per heavy atom. The van der Waals surface area contributed by atoms with E-state index in [1.165, 1.54) is 50.8 Å². The van der Waals surface area contributed by atoms with Gasteiger partial charge in [0.15, 0.2) is 4.90 Å². The van der Waals surface area contributed by atoms with Crippen molar-refractivity contribution in [2.75, 3.05) is 25.1 Å². The number of carbonyl (C=O) groups excluding carboxylic acids is 1. The molecule has 0 aliphatic heterocycles. The molecule has 3 rings (SSSR count). The van der Waals surface area contributed by atoms with Crippen molar-refractivity contribution in [3.05, 3.63) is 74.6 Å². The number of nitrogens with zero attached hydrogens (tertiary/aromatic N) is 3. The number of benzene rings is 2. The quantitative estimate of drug-likeness (QED) is 0.216. The summed E-state index contributed by atoms with van der Waals surface area (Å²) in [5.41, 5.74) is 1.54. The molecule has 3 aromatic rings. The number of methoxy groups -OCH3 is 2. The third-order valence-corrected chi connectivity index (χ3v) is 7.42. The molecule has 0 atom stereocenters. The molecule has 1 heterocycles. The van der Waals surface area contributed by atoms with Crippen molar-refractivity contribution in [3.63, 3.8) is 0 Å². The summed E-state index contributed by atoms with van der Waals surface area (Å²) in [6.07, 6.45) is 1.24. The van der Waals surface area contributed by atoms with Crippen LogP contribution in [0.25, 0.3) is 0 Å². The molecule has 1 N–H and O–H groups in total. The number of hydrogen-bond acceptors (Lipinski definition) is 9. The highest BCUT2D eigenvalue weighted by molar-refractivity contribution is 9.10. The predicted molar refractivity (Wildman–Crippen MR) is 134 cm³/mol. The number of nitrogens with one attached hydrogen (secondary N) is 1. The van der Waals surface area contributed by atoms with E-state index >= 15 is 0 Å². The van der Waals surface area contributed by atoms with Gasteiger partial charge in [0.25, 0.3) is 21.6 Å². The van der Waals surface area contributed by atoms with Gasteiger partial charge in [-0.1, -0.05) is 12.1 Å². The molecule has 14 heteroatoms. The van der Waals surface area contributed by atoms with Gasteiger partial charge >= 0.3 is 0 Å². The first-order valence-corrected chi connectivity index (χ1v) is 12.4. The van der Waals surface area contributed by atoms with Crippen LogP contribution in [0.5, 0.6) is 11.5 Å². The lowest BCUT2D eigenvalue weighted by Gasteiger charge is -2.25. The fourth-order valence-electron chi connectivity index (χ4n) is 3.11. The van der Waals surface area contributed by atoms with Crippen molar-refractivity contribution in [1.82, 2.24) is 5.43 Å². The van der Waals surface area contributed by atoms with Crippen molar-refractivity contribution < 1.29 is 32.0 Å². The SMILES string of the molecule is COc1ccc(N(CC(=O)NN=Cc2cc(Br)c(C)o2)S(=O)(=O)c2ccccc2[N+](=O)[O-])c(OC)c1. The number of carbonyl (C=O) groups is 1. The van der Waals surface area contributed by atoms with E-state index in [9.17, 15) is 23.3 Å². The number of ether oxygens (including phenoxy) is 2. The van der Waals surface area contributed by atoms with E-state index in [0.717, 1.165) is 12.1 Å². The maximum Gasteiger partial charge on any atom is 0.289 e. The highest BCUT2D eigenvalue weighted by atomic mass is 79.9. The number of amides is 1. The van der Waals surface area contributed by atoms with Crippen LogP contribution in [0.15, 0.2) is 67.4 Å². The maximum absolute atomic E-state index is 13.6. The number of furan rings is 1. The van der Waals surface area contributed by atoms with Crippen LogP contribution in [-0.2, 0) is 14.8 Å². The molecular weight excluding hydrogens is 560 g/mol. The van der Waals surface area contributed by atoms with Gasteiger partial charge in [-0.15, -0.1) is 0 Å². The molecule has 0 saturated carbocycles. The average Bonchev–Trinajstić information content (AvgIpc) is 3.18. The van der Waals surface area contributed by atoms with Gasteiger partial charge < -0.3 is 13.9 Å². The number of aryl methyl sites for hydroxylation is 1. The number of anilines is 1. The zero-order valence-corrected chi connectivity index (χ0v) is 21.7. The maximum atomic E-state index is 13.6. The van der Waals surface area contributed by atoms with Crippen LogP contribution in [0.4, 0.5) is 11.4 Å². The lowest BCUT2D eigenvalue weighted by molar-refractivity contribution is -0.387. The fraction of sp³-hybridized carbons (Fsp3) is 0.182. The Balaban J connectivity index is 2.01. The van der Waals surface area contributed by atoms with Crippen molar-refractivity contribution in [1.29, 1.82) is 0 Å². The second-order valence-electron chi connectivity index (χ2n) is 7.12. The predicted octanol–water partition coefficient (Wildman–Crippen LogP) is 3.62. The minimum absolute atomic E-state index is 0.0406. The van der Waals surface area contributed by atoms with Crippen molar-refractivity contribution in [2.24, 2.45) is 5.10 Å². The number of hydrogen-bond donors (Lipinski definition) is 1. The number of halogens is 1. The fourth-order valence-corrected chi connectivity index (χ4v) is 5.01. The van der Waals surface area contributed by atoms with Crippen molar-refractivity contribution in [3.8, 4) is 11.5 Å². The molecule has 0 fully saturated rings. The molecule has 2 aromatic carbocycles. The molecule has 36 heavy (non-hydrogen) atoms. The van der Waals surface area contributed by atoms with Crippen LogP contribution < -0.4 is 19.2 Å². The zero-order chi connectivity index (χ0) is 26.5. The summed E-state index contributed by atoms with van der Waals surface area (Å²) in [7, 11) is -1.90. The number of sulfonamides is 1. The molecular formula is C22H21BrN4O8S. The van der Waals surface area contributed by atoms with E-state index in [2.05, 4.69) is 26.5 Å². The van der Waals surface area contributed by atoms with Gasteiger partial charge in [0.1, 0.15) is 29.6 Å². The Morgan fingerprint density at radius 2 is 1.94 bits per heavy atom. The standard InChI is InChI=1S/C22H21BrN4O8S/c1-14-17(23)10-16(35-14)12-24-25-22(28)13-26(18-9-8-15(33-2)11-20(18)34-3)36(31,32)21-7-5-4-6-19(21)27(29)30/h4-12H,13H2,1-3H3,(H,25,28). The lowest BCUT2D eigenvalue weighted by Crippen LogP contribution is -2.40. The Bertz CT molecular complexity index is 1400. The number of hydrazone groups is 1. The largest absolute Gasteiger partial charge is 0.497 e. The molecule has 190 valence electrons. The van der Waals surface area contributed by atoms with E-state index in [0.29, 0.717) is 26.0 Å². The van der Waals surface area contributed by atoms with Gasteiger partial charge in [0, 0.05) is 18.2 Å². The van der Waals surface area contributed by atoms with Gasteiger partial charge in [-0.05, 0) is 41.1 Å². The van der Waals surface area contributed by atoms with E-state index in [-0.39, 0.29) is 11.4 Å². The second kappa shape index (κ2) is 11.2. The molecule has 0 radical (unpaired) electrons. The average molecular weight is 581 g/mol. The van der Waals surface area contributed by atoms with Crippen molar-refractivity contribution >= 4 is 49.4 Å². The number of para-hydroxylation sites is 1. The van der Waals surface area contributed by atoms with Crippen LogP contribution in [0.1, 0.15) is 11.5 Å². The highest BCUT2D eigenvalue weighted by Crippen LogP contribution is 2.37. The number of rotatable bonds is 10. The summed E-state index contributed by atoms with van der Waals surface area (Å²) in [5, 5.41) is 15.3. The molecule has 1 aromatic heterocycles. The van der Waals surface area contributed by atoms with Crippen LogP contribution >= 0.6 is 15.9 Å². The summed E-state index contributed by atoms with van der Waals surface area (Å²) in [6.45, 7) is 0.961. The number of nitro groups is 1. The van der Waals surface area contributed by atoms with Gasteiger partial charge in [0.2, 0.25) is 0 Å². The van der Waals surface area contributed by atoms with Crippen LogP contribution in [-0.4, -0.2) is 46.2 Å². The van der Waals surface area contributed by atoms with Gasteiger partial charge in [-0.25, -0.2) is 13.8 Å². The molecule has 1 amide bonds. The molecule has 0 bridgehead atoms. The highest BCUT2D eigenvalue weighted by Gasteiger charge is 2.34. The first kappa shape index (κ1) is 26.7. The summed E-state index contributed by atoms with van der Waals surface area (Å²) < 4.78 is 44.6. The Morgan fingerprint density at radius 1 is 1.22 bits per heavy atom. The summed E-state index contributed by atoms with van der Waals surface area (Å²) in [4.78, 5) is 22.9. The molecule has 0 spiro atoms. The molecule has 0 unspecified atom stereocenters. The normalized spacial score (nSPS) is 11.3. The van der Waals surface area contributed by atoms with Crippen LogP contribution in [0, 0.1) is 17.0 Å². The van der Waals surface area contributed by atoms with E-state index in [1.807, 2.05) is 0 Å². The van der Waals surface area contributed by atoms with Crippen LogP contribution in [0.2, 0.25) is 0 Å². The Kier molecular flexibility index (Phi) is 8.32. The topological polar surface area (TPSA) is 154 Å². The summed E-state index contributed by atoms with van der Waals surface area (Å²) >= 11 is 3.29. The Hall–Kier alpha value is -3.91. The summed E-state index contributed by atoms with van der Waals surface area (Å²) in [5.74, 6) is 0.557. The number of nitro benzene ring substituents is 1. The van der Waals surface area contributed by atoms with E-state index < -0.39 is 38.0 Å². The minimum Gasteiger partial charge on any atom is -0.497 e. The lowest BCUT2D eigenvalue weighted by atomic mass is 10.2. The second-order valence-corrected chi connectivity index (χ2v) is 9.81. The van der Waals surface area contributed by atoms with Crippen LogP contribution in [0.3, 0.4) is 0 Å². The van der Waals surface area contributed by atoms with Gasteiger partial charge in [-0.2, -0.15) is 5.10 Å². The van der Waals surface area contributed by atoms with Gasteiger partial charge in [-0.3, -0.25) is 19.2 Å². The third kappa shape index (κ3) is 5.83. The molecule has 0 aliphatic carbocycles. The molecule has 0 saturated heterocycles. The minimum atomic E-state index is -4.62. The molecule has 12 nitrogen and oxygen atoms in total. The Labute approximate surface area is 214 Å². The third-order valence-electron chi connectivity index (χ3n) is 4.83. The zero-order valence-electron chi connectivity index (χ0n) is 19.3. The van der Waals surface area contributed by atoms with Crippen molar-refractivity contribution in [2.45, 2.75) is 11.8 Å². The smallest absolute Gasteiger partial charge is 0.289 e. The van der Waals surface area contributed by atoms with Gasteiger partial charge in [0.05, 0.1) is 35.5 Å². The summed E-state index contributed by atoms with van der Waals surface area (Å²) in [6, 6.07) is 10.7.